The lowest BCUT2D eigenvalue weighted by Gasteiger charge is -2.13. The van der Waals surface area contributed by atoms with Gasteiger partial charge in [-0.25, -0.2) is 0 Å². The Kier molecular flexibility index (Phi) is 5.23. The quantitative estimate of drug-likeness (QED) is 0.694. The minimum atomic E-state index is -0.266. The number of ether oxygens (including phenoxy) is 2. The number of rotatable bonds is 5. The summed E-state index contributed by atoms with van der Waals surface area (Å²) < 4.78 is 11.4. The van der Waals surface area contributed by atoms with Crippen molar-refractivity contribution in [2.75, 3.05) is 18.5 Å². The van der Waals surface area contributed by atoms with Gasteiger partial charge in [0.15, 0.2) is 0 Å². The van der Waals surface area contributed by atoms with Crippen molar-refractivity contribution in [2.45, 2.75) is 18.9 Å². The van der Waals surface area contributed by atoms with Gasteiger partial charge in [0.1, 0.15) is 12.4 Å². The first-order chi connectivity index (χ1) is 13.2. The van der Waals surface area contributed by atoms with Gasteiger partial charge in [-0.3, -0.25) is 9.78 Å². The highest BCUT2D eigenvalue weighted by Crippen LogP contribution is 2.24. The van der Waals surface area contributed by atoms with E-state index in [0.717, 1.165) is 24.8 Å². The van der Waals surface area contributed by atoms with Crippen LogP contribution in [0, 0.1) is 0 Å². The fraction of sp³-hybridized carbons (Fsp3) is 0.238. The predicted molar refractivity (Wildman–Crippen MR) is 106 cm³/mol. The zero-order chi connectivity index (χ0) is 18.6. The van der Waals surface area contributed by atoms with E-state index in [9.17, 15) is 4.79 Å². The fourth-order valence-corrected chi connectivity index (χ4v) is 3.38. The van der Waals surface area contributed by atoms with E-state index in [1.165, 1.54) is 0 Å². The van der Waals surface area contributed by atoms with Crippen molar-refractivity contribution in [3.8, 4) is 5.75 Å². The summed E-state index contributed by atoms with van der Waals surface area (Å²) in [6.45, 7) is 1.31. The van der Waals surface area contributed by atoms with Gasteiger partial charge in [0, 0.05) is 35.0 Å². The van der Waals surface area contributed by atoms with Crippen molar-refractivity contribution in [1.82, 2.24) is 4.98 Å². The van der Waals surface area contributed by atoms with Crippen LogP contribution in [0.3, 0.4) is 0 Å². The molecule has 5 nitrogen and oxygen atoms in total. The van der Waals surface area contributed by atoms with Gasteiger partial charge in [-0.05, 0) is 43.2 Å². The molecule has 0 saturated carbocycles. The molecule has 0 bridgehead atoms. The summed E-state index contributed by atoms with van der Waals surface area (Å²) in [7, 11) is 0. The van der Waals surface area contributed by atoms with Gasteiger partial charge in [0.05, 0.1) is 17.2 Å². The zero-order valence-corrected chi connectivity index (χ0v) is 15.4. The molecule has 138 valence electrons. The molecule has 0 radical (unpaired) electrons. The monoisotopic (exact) mass is 382 g/mol. The maximum Gasteiger partial charge on any atom is 0.257 e. The maximum atomic E-state index is 12.8. The molecule has 6 heteroatoms. The summed E-state index contributed by atoms with van der Waals surface area (Å²) in [6, 6.07) is 14.4. The number of hydrogen-bond acceptors (Lipinski definition) is 4. The van der Waals surface area contributed by atoms with E-state index in [1.807, 2.05) is 30.3 Å². The lowest BCUT2D eigenvalue weighted by molar-refractivity contribution is 0.0680. The van der Waals surface area contributed by atoms with E-state index < -0.39 is 0 Å². The largest absolute Gasteiger partial charge is 0.491 e. The molecule has 0 aliphatic carbocycles. The maximum absolute atomic E-state index is 12.8. The first kappa shape index (κ1) is 17.8. The number of carbonyl (C=O) groups is 1. The van der Waals surface area contributed by atoms with Crippen LogP contribution in [-0.4, -0.2) is 30.2 Å². The van der Waals surface area contributed by atoms with Crippen molar-refractivity contribution in [1.29, 1.82) is 0 Å². The molecule has 0 spiro atoms. The second kappa shape index (κ2) is 7.94. The molecule has 1 N–H and O–H groups in total. The van der Waals surface area contributed by atoms with E-state index in [2.05, 4.69) is 10.3 Å². The second-order valence-corrected chi connectivity index (χ2v) is 6.89. The van der Waals surface area contributed by atoms with Crippen LogP contribution in [0.2, 0.25) is 5.02 Å². The number of pyridine rings is 1. The zero-order valence-electron chi connectivity index (χ0n) is 14.7. The van der Waals surface area contributed by atoms with Gasteiger partial charge in [-0.1, -0.05) is 23.7 Å². The van der Waals surface area contributed by atoms with Crippen molar-refractivity contribution in [3.05, 3.63) is 65.3 Å². The first-order valence-electron chi connectivity index (χ1n) is 8.89. The molecule has 1 aromatic heterocycles. The number of halogens is 1. The Morgan fingerprint density at radius 1 is 1.26 bits per heavy atom. The standard InChI is InChI=1S/C21H19ClN2O3/c22-15-10-14-4-2-8-23-20(14)19(11-15)21(25)24-16-5-1-6-17(12-16)27-13-18-7-3-9-26-18/h1-2,4-6,8,10-12,18H,3,7,9,13H2,(H,24,25). The van der Waals surface area contributed by atoms with Crippen LogP contribution in [0.5, 0.6) is 5.75 Å². The van der Waals surface area contributed by atoms with E-state index in [-0.39, 0.29) is 12.0 Å². The van der Waals surface area contributed by atoms with Gasteiger partial charge >= 0.3 is 0 Å². The minimum absolute atomic E-state index is 0.146. The smallest absolute Gasteiger partial charge is 0.257 e. The number of fused-ring (bicyclic) bond motifs is 1. The molecule has 27 heavy (non-hydrogen) atoms. The summed E-state index contributed by atoms with van der Waals surface area (Å²) >= 11 is 6.16. The van der Waals surface area contributed by atoms with Gasteiger partial charge in [0.2, 0.25) is 0 Å². The molecular weight excluding hydrogens is 364 g/mol. The van der Waals surface area contributed by atoms with Crippen molar-refractivity contribution >= 4 is 34.1 Å². The highest BCUT2D eigenvalue weighted by molar-refractivity contribution is 6.32. The molecule has 1 aliphatic rings. The normalized spacial score (nSPS) is 16.4. The number of hydrogen-bond donors (Lipinski definition) is 1. The van der Waals surface area contributed by atoms with E-state index in [4.69, 9.17) is 21.1 Å². The Labute approximate surface area is 162 Å². The van der Waals surface area contributed by atoms with E-state index in [0.29, 0.717) is 34.1 Å². The molecule has 4 rings (SSSR count). The summed E-state index contributed by atoms with van der Waals surface area (Å²) in [4.78, 5) is 17.1. The lowest BCUT2D eigenvalue weighted by atomic mass is 10.1. The highest BCUT2D eigenvalue weighted by Gasteiger charge is 2.16. The average molecular weight is 383 g/mol. The Balaban J connectivity index is 1.50. The van der Waals surface area contributed by atoms with E-state index >= 15 is 0 Å². The molecule has 2 heterocycles. The Hall–Kier alpha value is -2.63. The van der Waals surface area contributed by atoms with Crippen LogP contribution in [0.15, 0.2) is 54.7 Å². The molecule has 1 saturated heterocycles. The van der Waals surface area contributed by atoms with Gasteiger partial charge in [-0.2, -0.15) is 0 Å². The van der Waals surface area contributed by atoms with E-state index in [1.54, 1.807) is 24.4 Å². The van der Waals surface area contributed by atoms with Gasteiger partial charge in [0.25, 0.3) is 5.91 Å². The Bertz CT molecular complexity index is 971. The van der Waals surface area contributed by atoms with Gasteiger partial charge in [-0.15, -0.1) is 0 Å². The minimum Gasteiger partial charge on any atom is -0.491 e. The van der Waals surface area contributed by atoms with Crippen LogP contribution in [0.1, 0.15) is 23.2 Å². The number of nitrogens with zero attached hydrogens (tertiary/aromatic N) is 1. The van der Waals surface area contributed by atoms with Crippen molar-refractivity contribution < 1.29 is 14.3 Å². The molecule has 1 unspecified atom stereocenters. The summed E-state index contributed by atoms with van der Waals surface area (Å²) in [5, 5.41) is 4.21. The Morgan fingerprint density at radius 3 is 3.04 bits per heavy atom. The number of anilines is 1. The topological polar surface area (TPSA) is 60.5 Å². The van der Waals surface area contributed by atoms with Crippen LogP contribution < -0.4 is 10.1 Å². The van der Waals surface area contributed by atoms with Gasteiger partial charge < -0.3 is 14.8 Å². The number of nitrogens with one attached hydrogen (secondary N) is 1. The molecule has 1 atom stereocenters. The average Bonchev–Trinajstić information content (AvgIpc) is 3.19. The second-order valence-electron chi connectivity index (χ2n) is 6.46. The molecule has 1 amide bonds. The van der Waals surface area contributed by atoms with Crippen LogP contribution in [0.4, 0.5) is 5.69 Å². The highest BCUT2D eigenvalue weighted by atomic mass is 35.5. The molecule has 3 aromatic rings. The SMILES string of the molecule is O=C(Nc1cccc(OCC2CCCO2)c1)c1cc(Cl)cc2cccnc12. The summed E-state index contributed by atoms with van der Waals surface area (Å²) in [5.41, 5.74) is 1.70. The number of aromatic nitrogens is 1. The first-order valence-corrected chi connectivity index (χ1v) is 9.27. The summed E-state index contributed by atoms with van der Waals surface area (Å²) in [6.07, 6.45) is 3.90. The Morgan fingerprint density at radius 2 is 2.19 bits per heavy atom. The molecular formula is C21H19ClN2O3. The van der Waals surface area contributed by atoms with Crippen molar-refractivity contribution in [3.63, 3.8) is 0 Å². The fourth-order valence-electron chi connectivity index (χ4n) is 3.16. The molecule has 1 fully saturated rings. The van der Waals surface area contributed by atoms with Crippen LogP contribution >= 0.6 is 11.6 Å². The van der Waals surface area contributed by atoms with Crippen LogP contribution in [-0.2, 0) is 4.74 Å². The molecule has 1 aliphatic heterocycles. The molecule has 2 aromatic carbocycles. The lowest BCUT2D eigenvalue weighted by Crippen LogP contribution is -2.16. The predicted octanol–water partition coefficient (Wildman–Crippen LogP) is 4.70. The van der Waals surface area contributed by atoms with Crippen LogP contribution in [0.25, 0.3) is 10.9 Å². The third-order valence-electron chi connectivity index (χ3n) is 4.47. The number of carbonyl (C=O) groups excluding carboxylic acids is 1. The number of benzene rings is 2. The third-order valence-corrected chi connectivity index (χ3v) is 4.68. The number of amides is 1. The third kappa shape index (κ3) is 4.21. The summed E-state index contributed by atoms with van der Waals surface area (Å²) in [5.74, 6) is 0.426. The van der Waals surface area contributed by atoms with Crippen molar-refractivity contribution in [2.24, 2.45) is 0 Å².